The van der Waals surface area contributed by atoms with Gasteiger partial charge in [-0.15, -0.1) is 0 Å². The Bertz CT molecular complexity index is 161. The fourth-order valence-electron chi connectivity index (χ4n) is 1.36. The quantitative estimate of drug-likeness (QED) is 0.386. The molecule has 0 radical (unpaired) electrons. The summed E-state index contributed by atoms with van der Waals surface area (Å²) in [5, 5.41) is 36.4. The van der Waals surface area contributed by atoms with Crippen LogP contribution in [0.3, 0.4) is 0 Å². The van der Waals surface area contributed by atoms with Gasteiger partial charge < -0.3 is 29.9 Å². The van der Waals surface area contributed by atoms with E-state index < -0.39 is 30.7 Å². The zero-order valence-corrected chi connectivity index (χ0v) is 7.20. The third-order valence-corrected chi connectivity index (χ3v) is 2.11. The Kier molecular flexibility index (Phi) is 3.60. The molecule has 0 spiro atoms. The summed E-state index contributed by atoms with van der Waals surface area (Å²) in [6, 6.07) is 0. The molecule has 4 N–H and O–H groups in total. The van der Waals surface area contributed by atoms with Crippen LogP contribution in [0.2, 0.25) is 0 Å². The molecule has 0 aliphatic carbocycles. The van der Waals surface area contributed by atoms with Crippen LogP contribution in [0.4, 0.5) is 0 Å². The highest BCUT2D eigenvalue weighted by Gasteiger charge is 2.43. The summed E-state index contributed by atoms with van der Waals surface area (Å²) in [7, 11) is 1.32. The minimum Gasteiger partial charge on any atom is -0.394 e. The summed E-state index contributed by atoms with van der Waals surface area (Å²) in [5.74, 6) is 0. The largest absolute Gasteiger partial charge is 0.394 e. The first-order valence-electron chi connectivity index (χ1n) is 3.95. The van der Waals surface area contributed by atoms with E-state index >= 15 is 0 Å². The van der Waals surface area contributed by atoms with Gasteiger partial charge in [-0.05, 0) is 0 Å². The molecular formula is C7H14O6. The van der Waals surface area contributed by atoms with Gasteiger partial charge in [0.25, 0.3) is 0 Å². The molecule has 0 aromatic carbocycles. The van der Waals surface area contributed by atoms with Crippen LogP contribution in [0.5, 0.6) is 0 Å². The van der Waals surface area contributed by atoms with E-state index in [1.807, 2.05) is 0 Å². The van der Waals surface area contributed by atoms with Gasteiger partial charge in [0.1, 0.15) is 24.4 Å². The second kappa shape index (κ2) is 4.32. The Balaban J connectivity index is 2.69. The average Bonchev–Trinajstić information content (AvgIpc) is 2.13. The maximum absolute atomic E-state index is 9.38. The number of rotatable bonds is 2. The maximum atomic E-state index is 9.38. The molecule has 0 amide bonds. The van der Waals surface area contributed by atoms with E-state index in [0.717, 1.165) is 0 Å². The van der Waals surface area contributed by atoms with Crippen LogP contribution >= 0.6 is 0 Å². The van der Waals surface area contributed by atoms with Gasteiger partial charge in [0.05, 0.1) is 6.61 Å². The van der Waals surface area contributed by atoms with Crippen molar-refractivity contribution in [2.45, 2.75) is 30.7 Å². The number of hydrogen-bond acceptors (Lipinski definition) is 6. The maximum Gasteiger partial charge on any atom is 0.184 e. The molecule has 6 heteroatoms. The van der Waals surface area contributed by atoms with Gasteiger partial charge in [0.15, 0.2) is 6.29 Å². The van der Waals surface area contributed by atoms with Crippen molar-refractivity contribution in [2.24, 2.45) is 0 Å². The predicted octanol–water partition coefficient (Wildman–Crippen LogP) is -2.57. The van der Waals surface area contributed by atoms with Crippen LogP contribution < -0.4 is 0 Å². The third kappa shape index (κ3) is 1.98. The number of methoxy groups -OCH3 is 1. The van der Waals surface area contributed by atoms with Crippen molar-refractivity contribution >= 4 is 0 Å². The summed E-state index contributed by atoms with van der Waals surface area (Å²) in [6.45, 7) is -0.390. The normalized spacial score (nSPS) is 46.4. The van der Waals surface area contributed by atoms with E-state index in [0.29, 0.717) is 0 Å². The standard InChI is InChI=1S/C7H14O6/c1-12-6-3(2-8)13-7(11)5(10)4(6)9/h3-11H,2H2,1H3/t3-,4-,5+,6-,7-/m1/s1. The lowest BCUT2D eigenvalue weighted by molar-refractivity contribution is -0.290. The first-order valence-corrected chi connectivity index (χ1v) is 3.95. The Hall–Kier alpha value is -0.240. The van der Waals surface area contributed by atoms with Gasteiger partial charge in [0, 0.05) is 7.11 Å². The van der Waals surface area contributed by atoms with Crippen LogP contribution in [0.1, 0.15) is 0 Å². The summed E-state index contributed by atoms with van der Waals surface area (Å²) in [5.41, 5.74) is 0. The third-order valence-electron chi connectivity index (χ3n) is 2.11. The van der Waals surface area contributed by atoms with Crippen molar-refractivity contribution in [1.82, 2.24) is 0 Å². The van der Waals surface area contributed by atoms with Crippen molar-refractivity contribution in [2.75, 3.05) is 13.7 Å². The molecule has 1 fully saturated rings. The molecule has 1 heterocycles. The Morgan fingerprint density at radius 3 is 2.31 bits per heavy atom. The second-order valence-electron chi connectivity index (χ2n) is 2.93. The van der Waals surface area contributed by atoms with Crippen LogP contribution in [-0.4, -0.2) is 64.8 Å². The summed E-state index contributed by atoms with van der Waals surface area (Å²) in [6.07, 6.45) is -5.81. The van der Waals surface area contributed by atoms with Gasteiger partial charge in [-0.2, -0.15) is 0 Å². The molecule has 5 atom stereocenters. The minimum absolute atomic E-state index is 0.390. The van der Waals surface area contributed by atoms with Crippen molar-refractivity contribution < 1.29 is 29.9 Å². The number of aliphatic hydroxyl groups is 4. The average molecular weight is 194 g/mol. The molecule has 1 rings (SSSR count). The lowest BCUT2D eigenvalue weighted by Crippen LogP contribution is -2.59. The molecule has 0 aromatic rings. The number of ether oxygens (including phenoxy) is 2. The molecule has 13 heavy (non-hydrogen) atoms. The molecular weight excluding hydrogens is 180 g/mol. The molecule has 0 saturated carbocycles. The predicted molar refractivity (Wildman–Crippen MR) is 40.8 cm³/mol. The highest BCUT2D eigenvalue weighted by Crippen LogP contribution is 2.21. The Morgan fingerprint density at radius 2 is 1.85 bits per heavy atom. The van der Waals surface area contributed by atoms with E-state index in [-0.39, 0.29) is 6.61 Å². The van der Waals surface area contributed by atoms with Crippen LogP contribution in [0.15, 0.2) is 0 Å². The molecule has 0 unspecified atom stereocenters. The fourth-order valence-corrected chi connectivity index (χ4v) is 1.36. The van der Waals surface area contributed by atoms with Gasteiger partial charge in [0.2, 0.25) is 0 Å². The lowest BCUT2D eigenvalue weighted by atomic mass is 9.99. The summed E-state index contributed by atoms with van der Waals surface area (Å²) >= 11 is 0. The van der Waals surface area contributed by atoms with Gasteiger partial charge in [-0.25, -0.2) is 0 Å². The topological polar surface area (TPSA) is 99.4 Å². The smallest absolute Gasteiger partial charge is 0.184 e. The first kappa shape index (κ1) is 10.8. The molecule has 0 bridgehead atoms. The Labute approximate surface area is 75.3 Å². The molecule has 1 aliphatic heterocycles. The SMILES string of the molecule is CO[C@H]1[C@H](O)[C@H](O)[C@H](O)O[C@@H]1CO. The van der Waals surface area contributed by atoms with Gasteiger partial charge in [-0.1, -0.05) is 0 Å². The minimum atomic E-state index is -1.49. The highest BCUT2D eigenvalue weighted by molar-refractivity contribution is 4.89. The van der Waals surface area contributed by atoms with Crippen LogP contribution in [-0.2, 0) is 9.47 Å². The molecule has 1 aliphatic rings. The van der Waals surface area contributed by atoms with Crippen molar-refractivity contribution in [3.05, 3.63) is 0 Å². The lowest BCUT2D eigenvalue weighted by Gasteiger charge is -2.39. The van der Waals surface area contributed by atoms with Crippen LogP contribution in [0.25, 0.3) is 0 Å². The zero-order chi connectivity index (χ0) is 10.0. The van der Waals surface area contributed by atoms with Gasteiger partial charge >= 0.3 is 0 Å². The van der Waals surface area contributed by atoms with E-state index in [4.69, 9.17) is 19.7 Å². The summed E-state index contributed by atoms with van der Waals surface area (Å²) in [4.78, 5) is 0. The molecule has 6 nitrogen and oxygen atoms in total. The van der Waals surface area contributed by atoms with Gasteiger partial charge in [-0.3, -0.25) is 0 Å². The monoisotopic (exact) mass is 194 g/mol. The second-order valence-corrected chi connectivity index (χ2v) is 2.93. The van der Waals surface area contributed by atoms with E-state index in [1.54, 1.807) is 0 Å². The molecule has 0 aromatic heterocycles. The number of aliphatic hydroxyl groups excluding tert-OH is 4. The van der Waals surface area contributed by atoms with E-state index in [2.05, 4.69) is 0 Å². The molecule has 1 saturated heterocycles. The van der Waals surface area contributed by atoms with Crippen molar-refractivity contribution in [3.8, 4) is 0 Å². The van der Waals surface area contributed by atoms with Crippen molar-refractivity contribution in [1.29, 1.82) is 0 Å². The summed E-state index contributed by atoms with van der Waals surface area (Å²) < 4.78 is 9.61. The highest BCUT2D eigenvalue weighted by atomic mass is 16.6. The van der Waals surface area contributed by atoms with E-state index in [1.165, 1.54) is 7.11 Å². The first-order chi connectivity index (χ1) is 6.11. The molecule has 78 valence electrons. The number of hydrogen-bond donors (Lipinski definition) is 4. The van der Waals surface area contributed by atoms with Crippen LogP contribution in [0, 0.1) is 0 Å². The van der Waals surface area contributed by atoms with Crippen molar-refractivity contribution in [3.63, 3.8) is 0 Å². The Morgan fingerprint density at radius 1 is 1.23 bits per heavy atom. The van der Waals surface area contributed by atoms with E-state index in [9.17, 15) is 10.2 Å². The zero-order valence-electron chi connectivity index (χ0n) is 7.20. The fraction of sp³-hybridized carbons (Fsp3) is 1.00.